The second kappa shape index (κ2) is 10.3. The Morgan fingerprint density at radius 2 is 1.09 bits per heavy atom. The molecule has 0 radical (unpaired) electrons. The van der Waals surface area contributed by atoms with Gasteiger partial charge in [-0.05, 0) is 67.1 Å². The van der Waals surface area contributed by atoms with Crippen LogP contribution in [-0.4, -0.2) is 12.1 Å². The lowest BCUT2D eigenvalue weighted by Crippen LogP contribution is -2.25. The van der Waals surface area contributed by atoms with Gasteiger partial charge in [0.15, 0.2) is 0 Å². The van der Waals surface area contributed by atoms with Gasteiger partial charge in [0.2, 0.25) is 0 Å². The molecular formula is C28H36N2O2. The van der Waals surface area contributed by atoms with Crippen LogP contribution in [0.25, 0.3) is 0 Å². The Kier molecular flexibility index (Phi) is 6.86. The van der Waals surface area contributed by atoms with Crippen LogP contribution in [-0.2, 0) is 12.8 Å². The zero-order valence-corrected chi connectivity index (χ0v) is 19.1. The number of hydrogen-bond acceptors (Lipinski definition) is 4. The van der Waals surface area contributed by atoms with Crippen LogP contribution in [0.1, 0.15) is 86.9 Å². The maximum atomic E-state index is 5.72. The molecule has 0 aliphatic heterocycles. The summed E-state index contributed by atoms with van der Waals surface area (Å²) in [6.45, 7) is 0. The van der Waals surface area contributed by atoms with E-state index in [9.17, 15) is 0 Å². The van der Waals surface area contributed by atoms with Gasteiger partial charge in [-0.3, -0.25) is 0 Å². The number of furan rings is 2. The number of hydrogen-bond donors (Lipinski definition) is 2. The minimum Gasteiger partial charge on any atom is -0.469 e. The molecule has 170 valence electrons. The molecule has 0 spiro atoms. The molecule has 0 bridgehead atoms. The van der Waals surface area contributed by atoms with E-state index < -0.39 is 0 Å². The van der Waals surface area contributed by atoms with Gasteiger partial charge in [-0.1, -0.05) is 44.6 Å². The summed E-state index contributed by atoms with van der Waals surface area (Å²) in [6.07, 6.45) is 18.3. The smallest absolute Gasteiger partial charge is 0.108 e. The van der Waals surface area contributed by atoms with Crippen LogP contribution in [0.4, 0.5) is 11.4 Å². The quantitative estimate of drug-likeness (QED) is 0.386. The van der Waals surface area contributed by atoms with Crippen LogP contribution in [0.15, 0.2) is 57.8 Å². The van der Waals surface area contributed by atoms with E-state index in [0.29, 0.717) is 12.1 Å². The maximum absolute atomic E-state index is 5.72. The molecule has 1 aromatic carbocycles. The number of benzene rings is 1. The van der Waals surface area contributed by atoms with Gasteiger partial charge < -0.3 is 19.5 Å². The van der Waals surface area contributed by atoms with Crippen molar-refractivity contribution < 1.29 is 8.83 Å². The molecule has 2 N–H and O–H groups in total. The zero-order valence-electron chi connectivity index (χ0n) is 19.1. The molecule has 0 unspecified atom stereocenters. The lowest BCUT2D eigenvalue weighted by molar-refractivity contribution is 0.461. The van der Waals surface area contributed by atoms with Crippen LogP contribution >= 0.6 is 0 Å². The van der Waals surface area contributed by atoms with E-state index in [2.05, 4.69) is 34.9 Å². The third kappa shape index (κ3) is 5.40. The Hall–Kier alpha value is -2.62. The summed E-state index contributed by atoms with van der Waals surface area (Å²) in [7, 11) is 0. The van der Waals surface area contributed by atoms with Gasteiger partial charge in [0, 0.05) is 36.3 Å². The average Bonchev–Trinajstić information content (AvgIpc) is 3.52. The van der Waals surface area contributed by atoms with Crippen LogP contribution in [0.3, 0.4) is 0 Å². The second-order valence-corrected chi connectivity index (χ2v) is 9.64. The van der Waals surface area contributed by atoms with Gasteiger partial charge in [-0.25, -0.2) is 0 Å². The van der Waals surface area contributed by atoms with Crippen molar-refractivity contribution in [1.82, 2.24) is 0 Å². The van der Waals surface area contributed by atoms with Gasteiger partial charge in [0.05, 0.1) is 12.5 Å². The van der Waals surface area contributed by atoms with Crippen molar-refractivity contribution in [3.63, 3.8) is 0 Å². The maximum Gasteiger partial charge on any atom is 0.108 e. The first-order valence-electron chi connectivity index (χ1n) is 12.6. The highest BCUT2D eigenvalue weighted by Crippen LogP contribution is 2.33. The molecule has 32 heavy (non-hydrogen) atoms. The van der Waals surface area contributed by atoms with Crippen LogP contribution in [0.2, 0.25) is 0 Å². The molecule has 2 fully saturated rings. The van der Waals surface area contributed by atoms with Crippen molar-refractivity contribution in [2.75, 3.05) is 10.6 Å². The summed E-state index contributed by atoms with van der Waals surface area (Å²) in [4.78, 5) is 0. The molecule has 4 heteroatoms. The molecular weight excluding hydrogens is 396 g/mol. The third-order valence-corrected chi connectivity index (χ3v) is 7.15. The summed E-state index contributed by atoms with van der Waals surface area (Å²) in [5.41, 5.74) is 5.13. The van der Waals surface area contributed by atoms with Gasteiger partial charge in [-0.15, -0.1) is 0 Å². The Labute approximate surface area is 191 Å². The SMILES string of the molecule is c1coc(Cc2cc(Cc3ccco3)c(NC3CCCCC3)cc2NC2CCCCC2)c1. The van der Waals surface area contributed by atoms with Crippen molar-refractivity contribution in [1.29, 1.82) is 0 Å². The predicted molar refractivity (Wildman–Crippen MR) is 130 cm³/mol. The zero-order chi connectivity index (χ0) is 21.6. The molecule has 0 atom stereocenters. The van der Waals surface area contributed by atoms with Gasteiger partial charge in [0.25, 0.3) is 0 Å². The van der Waals surface area contributed by atoms with Crippen LogP contribution in [0, 0.1) is 0 Å². The molecule has 2 aliphatic rings. The molecule has 0 amide bonds. The lowest BCUT2D eigenvalue weighted by atomic mass is 9.92. The number of rotatable bonds is 8. The Bertz CT molecular complexity index is 874. The third-order valence-electron chi connectivity index (χ3n) is 7.15. The fraction of sp³-hybridized carbons (Fsp3) is 0.500. The summed E-state index contributed by atoms with van der Waals surface area (Å²) in [5, 5.41) is 7.84. The Morgan fingerprint density at radius 3 is 1.50 bits per heavy atom. The van der Waals surface area contributed by atoms with Crippen LogP contribution in [0.5, 0.6) is 0 Å². The molecule has 2 saturated carbocycles. The monoisotopic (exact) mass is 432 g/mol. The minimum atomic E-state index is 0.567. The second-order valence-electron chi connectivity index (χ2n) is 9.64. The van der Waals surface area contributed by atoms with Gasteiger partial charge in [-0.2, -0.15) is 0 Å². The van der Waals surface area contributed by atoms with Crippen molar-refractivity contribution in [2.45, 2.75) is 89.1 Å². The predicted octanol–water partition coefficient (Wildman–Crippen LogP) is 7.54. The standard InChI is InChI=1S/C28H36N2O2/c1-3-9-23(10-4-1)29-27-20-28(30-24-11-5-2-6-12-24)22(19-26-14-8-16-32-26)17-21(27)18-25-13-7-15-31-25/h7-8,13-17,20,23-24,29-30H,1-6,9-12,18-19H2. The molecule has 2 aliphatic carbocycles. The fourth-order valence-corrected chi connectivity index (χ4v) is 5.39. The van der Waals surface area contributed by atoms with Crippen molar-refractivity contribution >= 4 is 11.4 Å². The molecule has 4 nitrogen and oxygen atoms in total. The Balaban J connectivity index is 1.48. The summed E-state index contributed by atoms with van der Waals surface area (Å²) >= 11 is 0. The van der Waals surface area contributed by atoms with Gasteiger partial charge >= 0.3 is 0 Å². The first kappa shape index (κ1) is 21.2. The highest BCUT2D eigenvalue weighted by Gasteiger charge is 2.20. The summed E-state index contributed by atoms with van der Waals surface area (Å²) in [5.74, 6) is 2.02. The molecule has 2 aromatic heterocycles. The normalized spacial score (nSPS) is 18.0. The fourth-order valence-electron chi connectivity index (χ4n) is 5.39. The minimum absolute atomic E-state index is 0.567. The molecule has 0 saturated heterocycles. The Morgan fingerprint density at radius 1 is 0.625 bits per heavy atom. The van der Waals surface area contributed by atoms with Gasteiger partial charge in [0.1, 0.15) is 11.5 Å². The molecule has 5 rings (SSSR count). The van der Waals surface area contributed by atoms with Crippen LogP contribution < -0.4 is 10.6 Å². The lowest BCUT2D eigenvalue weighted by Gasteiger charge is -2.28. The molecule has 3 aromatic rings. The van der Waals surface area contributed by atoms with E-state index in [0.717, 1.165) is 24.4 Å². The highest BCUT2D eigenvalue weighted by atomic mass is 16.3. The molecule has 2 heterocycles. The largest absolute Gasteiger partial charge is 0.469 e. The van der Waals surface area contributed by atoms with E-state index in [1.54, 1.807) is 12.5 Å². The van der Waals surface area contributed by atoms with Crippen molar-refractivity contribution in [3.8, 4) is 0 Å². The highest BCUT2D eigenvalue weighted by molar-refractivity contribution is 5.67. The topological polar surface area (TPSA) is 50.3 Å². The van der Waals surface area contributed by atoms with E-state index in [-0.39, 0.29) is 0 Å². The summed E-state index contributed by atoms with van der Waals surface area (Å²) < 4.78 is 11.4. The average molecular weight is 433 g/mol. The van der Waals surface area contributed by atoms with E-state index in [4.69, 9.17) is 8.83 Å². The number of anilines is 2. The first-order valence-corrected chi connectivity index (χ1v) is 12.6. The van der Waals surface area contributed by atoms with Crippen molar-refractivity contribution in [3.05, 3.63) is 71.6 Å². The summed E-state index contributed by atoms with van der Waals surface area (Å²) in [6, 6.07) is 14.0. The first-order chi connectivity index (χ1) is 15.8. The number of nitrogens with one attached hydrogen (secondary N) is 2. The van der Waals surface area contributed by atoms with E-state index in [1.807, 2.05) is 12.1 Å². The van der Waals surface area contributed by atoms with E-state index >= 15 is 0 Å². The van der Waals surface area contributed by atoms with Crippen molar-refractivity contribution in [2.24, 2.45) is 0 Å². The van der Waals surface area contributed by atoms with E-state index in [1.165, 1.54) is 86.7 Å².